The Morgan fingerprint density at radius 1 is 0.912 bits per heavy atom. The molecule has 0 radical (unpaired) electrons. The zero-order chi connectivity index (χ0) is 24.1. The topological polar surface area (TPSA) is 95.6 Å². The third-order valence-corrected chi connectivity index (χ3v) is 8.46. The maximum atomic E-state index is 13.2. The van der Waals surface area contributed by atoms with Crippen LogP contribution in [0.1, 0.15) is 55.3 Å². The van der Waals surface area contributed by atoms with Gasteiger partial charge in [0.15, 0.2) is 0 Å². The number of halogens is 1. The largest absolute Gasteiger partial charge is 0.349 e. The maximum absolute atomic E-state index is 13.2. The number of amides is 2. The average molecular weight is 488 g/mol. The van der Waals surface area contributed by atoms with Gasteiger partial charge in [0.25, 0.3) is 5.91 Å². The van der Waals surface area contributed by atoms with Gasteiger partial charge in [0.05, 0.1) is 22.1 Å². The summed E-state index contributed by atoms with van der Waals surface area (Å²) in [7, 11) is -3.83. The Hall–Kier alpha value is -2.78. The van der Waals surface area contributed by atoms with Gasteiger partial charge in [-0.25, -0.2) is 12.8 Å². The predicted molar refractivity (Wildman–Crippen MR) is 127 cm³/mol. The Bertz CT molecular complexity index is 1130. The monoisotopic (exact) mass is 487 g/mol. The first-order chi connectivity index (χ1) is 16.3. The van der Waals surface area contributed by atoms with E-state index >= 15 is 0 Å². The van der Waals surface area contributed by atoms with Crippen molar-refractivity contribution in [3.05, 3.63) is 59.9 Å². The number of piperidine rings is 1. The van der Waals surface area contributed by atoms with Gasteiger partial charge in [-0.2, -0.15) is 4.31 Å². The van der Waals surface area contributed by atoms with Gasteiger partial charge in [0.1, 0.15) is 5.82 Å². The molecule has 0 unspecified atom stereocenters. The lowest BCUT2D eigenvalue weighted by molar-refractivity contribution is -0.120. The fraction of sp³-hybridized carbons (Fsp3) is 0.440. The van der Waals surface area contributed by atoms with Crippen LogP contribution in [0.25, 0.3) is 0 Å². The van der Waals surface area contributed by atoms with E-state index in [2.05, 4.69) is 10.6 Å². The first-order valence-electron chi connectivity index (χ1n) is 11.8. The molecule has 1 aliphatic heterocycles. The molecule has 4 rings (SSSR count). The van der Waals surface area contributed by atoms with Crippen molar-refractivity contribution in [2.75, 3.05) is 18.4 Å². The molecule has 1 heterocycles. The number of para-hydroxylation sites is 1. The number of hydrogen-bond acceptors (Lipinski definition) is 4. The summed E-state index contributed by atoms with van der Waals surface area (Å²) in [6, 6.07) is 11.7. The lowest BCUT2D eigenvalue weighted by Crippen LogP contribution is -2.43. The average Bonchev–Trinajstić information content (AvgIpc) is 2.85. The summed E-state index contributed by atoms with van der Waals surface area (Å²) in [6.07, 6.45) is 6.38. The Morgan fingerprint density at radius 2 is 1.62 bits per heavy atom. The summed E-state index contributed by atoms with van der Waals surface area (Å²) < 4.78 is 40.4. The van der Waals surface area contributed by atoms with Crippen LogP contribution in [0.15, 0.2) is 53.4 Å². The molecule has 2 aromatic rings. The number of sulfonamides is 1. The molecule has 1 saturated heterocycles. The molecule has 182 valence electrons. The quantitative estimate of drug-likeness (QED) is 0.646. The molecule has 0 aromatic heterocycles. The fourth-order valence-electron chi connectivity index (χ4n) is 4.67. The third kappa shape index (κ3) is 5.64. The zero-order valence-corrected chi connectivity index (χ0v) is 19.8. The SMILES string of the molecule is O=C(NC1CCCCC1)c1ccccc1NC(=O)[C@H]1CCCN(S(=O)(=O)c2ccc(F)cc2)C1. The normalized spacial score (nSPS) is 20.0. The first kappa shape index (κ1) is 24.3. The minimum absolute atomic E-state index is 0.000289. The van der Waals surface area contributed by atoms with E-state index in [0.717, 1.165) is 37.8 Å². The highest BCUT2D eigenvalue weighted by Gasteiger charge is 2.33. The van der Waals surface area contributed by atoms with Gasteiger partial charge in [-0.1, -0.05) is 31.4 Å². The Labute approximate surface area is 199 Å². The number of carbonyl (C=O) groups excluding carboxylic acids is 2. The van der Waals surface area contributed by atoms with Crippen molar-refractivity contribution in [3.63, 3.8) is 0 Å². The minimum atomic E-state index is -3.83. The van der Waals surface area contributed by atoms with Crippen LogP contribution in [0.3, 0.4) is 0 Å². The molecule has 0 spiro atoms. The van der Waals surface area contributed by atoms with Crippen LogP contribution in [0, 0.1) is 11.7 Å². The second-order valence-electron chi connectivity index (χ2n) is 9.00. The van der Waals surface area contributed by atoms with Gasteiger partial charge < -0.3 is 10.6 Å². The number of hydrogen-bond donors (Lipinski definition) is 2. The van der Waals surface area contributed by atoms with Crippen LogP contribution in [-0.4, -0.2) is 43.7 Å². The van der Waals surface area contributed by atoms with Crippen molar-refractivity contribution in [3.8, 4) is 0 Å². The lowest BCUT2D eigenvalue weighted by Gasteiger charge is -2.31. The van der Waals surface area contributed by atoms with Crippen LogP contribution in [-0.2, 0) is 14.8 Å². The highest BCUT2D eigenvalue weighted by molar-refractivity contribution is 7.89. The summed E-state index contributed by atoms with van der Waals surface area (Å²) in [4.78, 5) is 26.0. The van der Waals surface area contributed by atoms with Crippen molar-refractivity contribution in [1.82, 2.24) is 9.62 Å². The number of benzene rings is 2. The number of nitrogens with zero attached hydrogens (tertiary/aromatic N) is 1. The standard InChI is InChI=1S/C25H30FN3O4S/c26-19-12-14-21(15-13-19)34(32,33)29-16-6-7-18(17-29)24(30)28-23-11-5-4-10-22(23)25(31)27-20-8-2-1-3-9-20/h4-5,10-15,18,20H,1-3,6-9,16-17H2,(H,27,31)(H,28,30)/t18-/m0/s1. The molecular weight excluding hydrogens is 457 g/mol. The molecule has 1 atom stereocenters. The van der Waals surface area contributed by atoms with E-state index in [1.807, 2.05) is 0 Å². The van der Waals surface area contributed by atoms with E-state index in [9.17, 15) is 22.4 Å². The van der Waals surface area contributed by atoms with Crippen LogP contribution in [0.5, 0.6) is 0 Å². The van der Waals surface area contributed by atoms with Crippen molar-refractivity contribution < 1.29 is 22.4 Å². The molecule has 0 bridgehead atoms. The van der Waals surface area contributed by atoms with E-state index in [0.29, 0.717) is 30.6 Å². The Kier molecular flexibility index (Phi) is 7.63. The molecule has 34 heavy (non-hydrogen) atoms. The van der Waals surface area contributed by atoms with Gasteiger partial charge in [0, 0.05) is 19.1 Å². The maximum Gasteiger partial charge on any atom is 0.253 e. The Morgan fingerprint density at radius 3 is 2.35 bits per heavy atom. The first-order valence-corrected chi connectivity index (χ1v) is 13.2. The van der Waals surface area contributed by atoms with E-state index in [1.54, 1.807) is 24.3 Å². The highest BCUT2D eigenvalue weighted by Crippen LogP contribution is 2.26. The van der Waals surface area contributed by atoms with Gasteiger partial charge in [-0.05, 0) is 62.1 Å². The van der Waals surface area contributed by atoms with Gasteiger partial charge >= 0.3 is 0 Å². The minimum Gasteiger partial charge on any atom is -0.349 e. The van der Waals surface area contributed by atoms with Crippen LogP contribution >= 0.6 is 0 Å². The summed E-state index contributed by atoms with van der Waals surface area (Å²) in [5.41, 5.74) is 0.812. The van der Waals surface area contributed by atoms with Crippen LogP contribution < -0.4 is 10.6 Å². The molecule has 7 nitrogen and oxygen atoms in total. The molecule has 2 aliphatic rings. The number of rotatable bonds is 6. The number of nitrogens with one attached hydrogen (secondary N) is 2. The third-order valence-electron chi connectivity index (χ3n) is 6.58. The van der Waals surface area contributed by atoms with E-state index in [-0.39, 0.29) is 29.3 Å². The fourth-order valence-corrected chi connectivity index (χ4v) is 6.19. The van der Waals surface area contributed by atoms with Crippen molar-refractivity contribution >= 4 is 27.5 Å². The Balaban J connectivity index is 1.43. The van der Waals surface area contributed by atoms with Crippen molar-refractivity contribution in [2.45, 2.75) is 55.9 Å². The van der Waals surface area contributed by atoms with Gasteiger partial charge in [-0.3, -0.25) is 9.59 Å². The summed E-state index contributed by atoms with van der Waals surface area (Å²) in [6.45, 7) is 0.325. The summed E-state index contributed by atoms with van der Waals surface area (Å²) >= 11 is 0. The molecule has 2 amide bonds. The number of carbonyl (C=O) groups is 2. The van der Waals surface area contributed by atoms with E-state index in [4.69, 9.17) is 0 Å². The smallest absolute Gasteiger partial charge is 0.253 e. The molecule has 2 N–H and O–H groups in total. The van der Waals surface area contributed by atoms with Crippen molar-refractivity contribution in [1.29, 1.82) is 0 Å². The molecule has 2 aromatic carbocycles. The van der Waals surface area contributed by atoms with Crippen LogP contribution in [0.2, 0.25) is 0 Å². The zero-order valence-electron chi connectivity index (χ0n) is 19.0. The highest BCUT2D eigenvalue weighted by atomic mass is 32.2. The second kappa shape index (κ2) is 10.7. The van der Waals surface area contributed by atoms with Crippen LogP contribution in [0.4, 0.5) is 10.1 Å². The predicted octanol–water partition coefficient (Wildman–Crippen LogP) is 3.93. The second-order valence-corrected chi connectivity index (χ2v) is 10.9. The molecule has 1 aliphatic carbocycles. The number of anilines is 1. The molecular formula is C25H30FN3O4S. The van der Waals surface area contributed by atoms with E-state index in [1.165, 1.54) is 22.9 Å². The van der Waals surface area contributed by atoms with E-state index < -0.39 is 21.8 Å². The van der Waals surface area contributed by atoms with Gasteiger partial charge in [0.2, 0.25) is 15.9 Å². The molecule has 9 heteroatoms. The molecule has 1 saturated carbocycles. The van der Waals surface area contributed by atoms with Gasteiger partial charge in [-0.15, -0.1) is 0 Å². The lowest BCUT2D eigenvalue weighted by atomic mass is 9.95. The summed E-state index contributed by atoms with van der Waals surface area (Å²) in [5.74, 6) is -1.61. The van der Waals surface area contributed by atoms with Crippen molar-refractivity contribution in [2.24, 2.45) is 5.92 Å². The summed E-state index contributed by atoms with van der Waals surface area (Å²) in [5, 5.41) is 5.92. The molecule has 2 fully saturated rings.